The van der Waals surface area contributed by atoms with Crippen LogP contribution in [0.15, 0.2) is 42.5 Å². The molecule has 136 valence electrons. The van der Waals surface area contributed by atoms with Crippen molar-refractivity contribution in [1.29, 1.82) is 0 Å². The van der Waals surface area contributed by atoms with Crippen molar-refractivity contribution >= 4 is 34.9 Å². The molecule has 5 nitrogen and oxygen atoms in total. The van der Waals surface area contributed by atoms with Crippen LogP contribution in [-0.2, 0) is 4.79 Å². The number of nitrogens with one attached hydrogen (secondary N) is 2. The zero-order valence-corrected chi connectivity index (χ0v) is 15.0. The molecule has 1 heterocycles. The smallest absolute Gasteiger partial charge is 0.322 e. The zero-order valence-electron chi connectivity index (χ0n) is 14.3. The molecule has 3 amide bonds. The van der Waals surface area contributed by atoms with Crippen molar-refractivity contribution < 1.29 is 14.0 Å². The lowest BCUT2D eigenvalue weighted by Crippen LogP contribution is -2.45. The van der Waals surface area contributed by atoms with E-state index in [4.69, 9.17) is 11.6 Å². The molecule has 1 atom stereocenters. The van der Waals surface area contributed by atoms with Gasteiger partial charge in [-0.3, -0.25) is 4.79 Å². The minimum atomic E-state index is -0.579. The molecule has 7 heteroatoms. The van der Waals surface area contributed by atoms with E-state index in [2.05, 4.69) is 10.6 Å². The second-order valence-electron chi connectivity index (χ2n) is 6.27. The number of hydrogen-bond acceptors (Lipinski definition) is 2. The monoisotopic (exact) mass is 375 g/mol. The van der Waals surface area contributed by atoms with Gasteiger partial charge in [-0.15, -0.1) is 0 Å². The van der Waals surface area contributed by atoms with E-state index >= 15 is 0 Å². The van der Waals surface area contributed by atoms with E-state index in [9.17, 15) is 14.0 Å². The molecular weight excluding hydrogens is 357 g/mol. The van der Waals surface area contributed by atoms with Gasteiger partial charge in [-0.25, -0.2) is 9.18 Å². The molecule has 0 bridgehead atoms. The van der Waals surface area contributed by atoms with Gasteiger partial charge in [0.1, 0.15) is 11.9 Å². The summed E-state index contributed by atoms with van der Waals surface area (Å²) in [5.41, 5.74) is 2.17. The van der Waals surface area contributed by atoms with Gasteiger partial charge >= 0.3 is 6.03 Å². The van der Waals surface area contributed by atoms with Gasteiger partial charge < -0.3 is 15.5 Å². The SMILES string of the molecule is Cc1ccc(NC(=O)N2CCC[C@H]2C(=O)Nc2ccc(F)c(Cl)c2)cc1. The van der Waals surface area contributed by atoms with E-state index in [1.807, 2.05) is 31.2 Å². The molecule has 0 aromatic heterocycles. The van der Waals surface area contributed by atoms with Gasteiger partial charge in [0.05, 0.1) is 5.02 Å². The van der Waals surface area contributed by atoms with Crippen LogP contribution in [0.4, 0.5) is 20.6 Å². The van der Waals surface area contributed by atoms with Crippen LogP contribution >= 0.6 is 11.6 Å². The summed E-state index contributed by atoms with van der Waals surface area (Å²) in [6.07, 6.45) is 1.31. The standard InChI is InChI=1S/C19H19ClFN3O2/c1-12-4-6-13(7-5-12)23-19(26)24-10-2-3-17(24)18(25)22-14-8-9-16(21)15(20)11-14/h4-9,11,17H,2-3,10H2,1H3,(H,22,25)(H,23,26)/t17-/m0/s1. The summed E-state index contributed by atoms with van der Waals surface area (Å²) in [7, 11) is 0. The van der Waals surface area contributed by atoms with Crippen molar-refractivity contribution in [3.63, 3.8) is 0 Å². The third-order valence-electron chi connectivity index (χ3n) is 4.31. The number of carbonyl (C=O) groups is 2. The Bertz CT molecular complexity index is 826. The number of likely N-dealkylation sites (tertiary alicyclic amines) is 1. The molecule has 0 radical (unpaired) electrons. The Balaban J connectivity index is 1.66. The van der Waals surface area contributed by atoms with Crippen molar-refractivity contribution in [3.8, 4) is 0 Å². The second kappa shape index (κ2) is 7.74. The van der Waals surface area contributed by atoms with Gasteiger partial charge in [0.25, 0.3) is 0 Å². The van der Waals surface area contributed by atoms with Gasteiger partial charge in [-0.05, 0) is 50.1 Å². The summed E-state index contributed by atoms with van der Waals surface area (Å²) >= 11 is 5.74. The highest BCUT2D eigenvalue weighted by Crippen LogP contribution is 2.23. The Hall–Kier alpha value is -2.60. The second-order valence-corrected chi connectivity index (χ2v) is 6.67. The van der Waals surface area contributed by atoms with E-state index in [1.54, 1.807) is 0 Å². The summed E-state index contributed by atoms with van der Waals surface area (Å²) < 4.78 is 13.2. The number of hydrogen-bond donors (Lipinski definition) is 2. The highest BCUT2D eigenvalue weighted by molar-refractivity contribution is 6.31. The molecule has 1 saturated heterocycles. The Morgan fingerprint density at radius 1 is 1.12 bits per heavy atom. The van der Waals surface area contributed by atoms with Crippen molar-refractivity contribution in [1.82, 2.24) is 4.90 Å². The Labute approximate surface area is 156 Å². The molecule has 2 N–H and O–H groups in total. The number of carbonyl (C=O) groups excluding carboxylic acids is 2. The first-order chi connectivity index (χ1) is 12.4. The van der Waals surface area contributed by atoms with Crippen LogP contribution in [0, 0.1) is 12.7 Å². The Morgan fingerprint density at radius 3 is 2.50 bits per heavy atom. The molecule has 2 aromatic carbocycles. The molecule has 0 aliphatic carbocycles. The third kappa shape index (κ3) is 4.14. The lowest BCUT2D eigenvalue weighted by Gasteiger charge is -2.24. The number of urea groups is 1. The summed E-state index contributed by atoms with van der Waals surface area (Å²) in [5, 5.41) is 5.44. The molecule has 2 aromatic rings. The van der Waals surface area contributed by atoms with Gasteiger partial charge in [0.15, 0.2) is 0 Å². The van der Waals surface area contributed by atoms with Crippen LogP contribution in [0.5, 0.6) is 0 Å². The maximum atomic E-state index is 13.2. The number of benzene rings is 2. The van der Waals surface area contributed by atoms with Crippen LogP contribution in [0.1, 0.15) is 18.4 Å². The van der Waals surface area contributed by atoms with Gasteiger partial charge in [0.2, 0.25) is 5.91 Å². The first-order valence-electron chi connectivity index (χ1n) is 8.34. The van der Waals surface area contributed by atoms with E-state index < -0.39 is 11.9 Å². The van der Waals surface area contributed by atoms with Crippen LogP contribution in [-0.4, -0.2) is 29.4 Å². The number of anilines is 2. The Morgan fingerprint density at radius 2 is 1.81 bits per heavy atom. The minimum absolute atomic E-state index is 0.0665. The van der Waals surface area contributed by atoms with E-state index in [0.29, 0.717) is 24.3 Å². The van der Waals surface area contributed by atoms with Crippen molar-refractivity contribution in [2.45, 2.75) is 25.8 Å². The molecule has 0 saturated carbocycles. The predicted octanol–water partition coefficient (Wildman–Crippen LogP) is 4.42. The molecule has 1 aliphatic heterocycles. The first-order valence-corrected chi connectivity index (χ1v) is 8.72. The van der Waals surface area contributed by atoms with Crippen molar-refractivity contribution in [2.24, 2.45) is 0 Å². The third-order valence-corrected chi connectivity index (χ3v) is 4.60. The largest absolute Gasteiger partial charge is 0.324 e. The van der Waals surface area contributed by atoms with Crippen molar-refractivity contribution in [3.05, 3.63) is 58.9 Å². The average molecular weight is 376 g/mol. The van der Waals surface area contributed by atoms with Crippen LogP contribution in [0.3, 0.4) is 0 Å². The van der Waals surface area contributed by atoms with E-state index in [0.717, 1.165) is 12.0 Å². The Kier molecular flexibility index (Phi) is 5.42. The maximum absolute atomic E-state index is 13.2. The molecule has 26 heavy (non-hydrogen) atoms. The molecule has 1 aliphatic rings. The number of rotatable bonds is 3. The maximum Gasteiger partial charge on any atom is 0.322 e. The predicted molar refractivity (Wildman–Crippen MR) is 100.0 cm³/mol. The van der Waals surface area contributed by atoms with Crippen LogP contribution < -0.4 is 10.6 Å². The number of aryl methyl sites for hydroxylation is 1. The topological polar surface area (TPSA) is 61.4 Å². The highest BCUT2D eigenvalue weighted by Gasteiger charge is 2.34. The molecule has 0 unspecified atom stereocenters. The fourth-order valence-electron chi connectivity index (χ4n) is 2.91. The summed E-state index contributed by atoms with van der Waals surface area (Å²) in [4.78, 5) is 26.6. The summed E-state index contributed by atoms with van der Waals surface area (Å²) in [6.45, 7) is 2.47. The van der Waals surface area contributed by atoms with Gasteiger partial charge in [-0.1, -0.05) is 29.3 Å². The highest BCUT2D eigenvalue weighted by atomic mass is 35.5. The van der Waals surface area contributed by atoms with Crippen LogP contribution in [0.25, 0.3) is 0 Å². The lowest BCUT2D eigenvalue weighted by molar-refractivity contribution is -0.119. The van der Waals surface area contributed by atoms with Gasteiger partial charge in [-0.2, -0.15) is 0 Å². The minimum Gasteiger partial charge on any atom is -0.324 e. The number of halogens is 2. The summed E-state index contributed by atoms with van der Waals surface area (Å²) in [6, 6.07) is 10.5. The van der Waals surface area contributed by atoms with Crippen LogP contribution in [0.2, 0.25) is 5.02 Å². The molecular formula is C19H19ClFN3O2. The quantitative estimate of drug-likeness (QED) is 0.834. The number of nitrogens with zero attached hydrogens (tertiary/aromatic N) is 1. The van der Waals surface area contributed by atoms with E-state index in [1.165, 1.54) is 23.1 Å². The summed E-state index contributed by atoms with van der Waals surface area (Å²) in [5.74, 6) is -0.867. The fraction of sp³-hybridized carbons (Fsp3) is 0.263. The molecule has 1 fully saturated rings. The fourth-order valence-corrected chi connectivity index (χ4v) is 3.09. The molecule has 3 rings (SSSR count). The zero-order chi connectivity index (χ0) is 18.7. The number of amides is 3. The lowest BCUT2D eigenvalue weighted by atomic mass is 10.2. The first kappa shape index (κ1) is 18.2. The van der Waals surface area contributed by atoms with Crippen molar-refractivity contribution in [2.75, 3.05) is 17.2 Å². The normalized spacial score (nSPS) is 16.4. The van der Waals surface area contributed by atoms with E-state index in [-0.39, 0.29) is 17.0 Å². The van der Waals surface area contributed by atoms with Gasteiger partial charge in [0, 0.05) is 17.9 Å². The molecule has 0 spiro atoms. The average Bonchev–Trinajstić information content (AvgIpc) is 3.10.